The van der Waals surface area contributed by atoms with Crippen molar-refractivity contribution in [2.75, 3.05) is 6.54 Å². The summed E-state index contributed by atoms with van der Waals surface area (Å²) in [7, 11) is 0. The molecule has 2 heterocycles. The van der Waals surface area contributed by atoms with Gasteiger partial charge in [-0.2, -0.15) is 0 Å². The van der Waals surface area contributed by atoms with Crippen molar-refractivity contribution in [2.24, 2.45) is 0 Å². The molecule has 28 heavy (non-hydrogen) atoms. The topological polar surface area (TPSA) is 75.4 Å². The van der Waals surface area contributed by atoms with Crippen LogP contribution in [0.15, 0.2) is 48.5 Å². The normalized spacial score (nSPS) is 14.7. The SMILES string of the molecule is CCCCc1nc2ccccc2n1C[C@H](O)CN1C(=O)c2ccccc2C1=O. The van der Waals surface area contributed by atoms with Crippen LogP contribution in [0, 0.1) is 0 Å². The highest BCUT2D eigenvalue weighted by Gasteiger charge is 2.36. The van der Waals surface area contributed by atoms with Crippen LogP contribution in [0.1, 0.15) is 46.3 Å². The van der Waals surface area contributed by atoms with E-state index in [9.17, 15) is 14.7 Å². The summed E-state index contributed by atoms with van der Waals surface area (Å²) in [6, 6.07) is 14.6. The molecule has 1 atom stereocenters. The Hall–Kier alpha value is -2.99. The molecule has 0 radical (unpaired) electrons. The Morgan fingerprint density at radius 1 is 0.964 bits per heavy atom. The molecule has 0 saturated heterocycles. The van der Waals surface area contributed by atoms with Crippen molar-refractivity contribution in [3.05, 3.63) is 65.5 Å². The highest BCUT2D eigenvalue weighted by molar-refractivity contribution is 6.21. The van der Waals surface area contributed by atoms with Crippen molar-refractivity contribution in [1.29, 1.82) is 0 Å². The molecule has 0 unspecified atom stereocenters. The Balaban J connectivity index is 1.55. The Labute approximate surface area is 163 Å². The predicted molar refractivity (Wildman–Crippen MR) is 106 cm³/mol. The van der Waals surface area contributed by atoms with E-state index < -0.39 is 6.10 Å². The van der Waals surface area contributed by atoms with Crippen LogP contribution in [-0.2, 0) is 13.0 Å². The van der Waals surface area contributed by atoms with Gasteiger partial charge < -0.3 is 9.67 Å². The van der Waals surface area contributed by atoms with E-state index in [0.29, 0.717) is 11.1 Å². The van der Waals surface area contributed by atoms with Crippen molar-refractivity contribution in [2.45, 2.75) is 38.8 Å². The lowest BCUT2D eigenvalue weighted by Gasteiger charge is -2.20. The number of rotatable bonds is 7. The lowest BCUT2D eigenvalue weighted by atomic mass is 10.1. The minimum atomic E-state index is -0.875. The second-order valence-corrected chi connectivity index (χ2v) is 7.15. The molecule has 2 aromatic carbocycles. The molecule has 0 saturated carbocycles. The highest BCUT2D eigenvalue weighted by Crippen LogP contribution is 2.23. The summed E-state index contributed by atoms with van der Waals surface area (Å²) in [4.78, 5) is 30.9. The van der Waals surface area contributed by atoms with Gasteiger partial charge in [0.15, 0.2) is 0 Å². The zero-order valence-corrected chi connectivity index (χ0v) is 15.8. The monoisotopic (exact) mass is 377 g/mol. The number of aryl methyl sites for hydroxylation is 1. The van der Waals surface area contributed by atoms with E-state index in [2.05, 4.69) is 6.92 Å². The third-order valence-corrected chi connectivity index (χ3v) is 5.15. The molecule has 6 heteroatoms. The molecule has 3 aromatic rings. The van der Waals surface area contributed by atoms with E-state index >= 15 is 0 Å². The molecule has 4 rings (SSSR count). The second-order valence-electron chi connectivity index (χ2n) is 7.15. The van der Waals surface area contributed by atoms with Gasteiger partial charge in [0.25, 0.3) is 11.8 Å². The average Bonchev–Trinajstić information content (AvgIpc) is 3.17. The fourth-order valence-corrected chi connectivity index (χ4v) is 3.74. The first-order valence-corrected chi connectivity index (χ1v) is 9.67. The molecule has 1 aromatic heterocycles. The van der Waals surface area contributed by atoms with Crippen molar-refractivity contribution < 1.29 is 14.7 Å². The van der Waals surface area contributed by atoms with Gasteiger partial charge >= 0.3 is 0 Å². The van der Waals surface area contributed by atoms with Crippen molar-refractivity contribution >= 4 is 22.8 Å². The summed E-state index contributed by atoms with van der Waals surface area (Å²) >= 11 is 0. The molecule has 1 aliphatic rings. The number of amides is 2. The van der Waals surface area contributed by atoms with Crippen LogP contribution in [0.5, 0.6) is 0 Å². The van der Waals surface area contributed by atoms with Gasteiger partial charge in [-0.3, -0.25) is 14.5 Å². The summed E-state index contributed by atoms with van der Waals surface area (Å²) in [5, 5.41) is 10.7. The molecule has 0 spiro atoms. The number of nitrogens with zero attached hydrogens (tertiary/aromatic N) is 3. The molecule has 1 aliphatic heterocycles. The Kier molecular flexibility index (Phi) is 4.96. The second kappa shape index (κ2) is 7.56. The number of unbranched alkanes of at least 4 members (excludes halogenated alkanes) is 1. The number of hydrogen-bond donors (Lipinski definition) is 1. The van der Waals surface area contributed by atoms with Crippen molar-refractivity contribution in [3.8, 4) is 0 Å². The fourth-order valence-electron chi connectivity index (χ4n) is 3.74. The molecule has 2 amide bonds. The molecule has 0 fully saturated rings. The van der Waals surface area contributed by atoms with Crippen molar-refractivity contribution in [1.82, 2.24) is 14.5 Å². The van der Waals surface area contributed by atoms with Gasteiger partial charge in [0, 0.05) is 6.42 Å². The van der Waals surface area contributed by atoms with E-state index in [1.807, 2.05) is 28.8 Å². The maximum Gasteiger partial charge on any atom is 0.261 e. The van der Waals surface area contributed by atoms with Crippen LogP contribution in [-0.4, -0.2) is 44.0 Å². The zero-order chi connectivity index (χ0) is 19.7. The van der Waals surface area contributed by atoms with Gasteiger partial charge in [0.1, 0.15) is 5.82 Å². The van der Waals surface area contributed by atoms with Gasteiger partial charge in [-0.15, -0.1) is 0 Å². The molecule has 0 aliphatic carbocycles. The minimum absolute atomic E-state index is 0.0356. The van der Waals surface area contributed by atoms with Crippen LogP contribution in [0.2, 0.25) is 0 Å². The lowest BCUT2D eigenvalue weighted by molar-refractivity contribution is 0.0521. The van der Waals surface area contributed by atoms with E-state index in [1.165, 1.54) is 0 Å². The number of carbonyl (C=O) groups excluding carboxylic acids is 2. The number of aliphatic hydroxyl groups excluding tert-OH is 1. The molecule has 144 valence electrons. The smallest absolute Gasteiger partial charge is 0.261 e. The standard InChI is InChI=1S/C22H23N3O3/c1-2-3-12-20-23-18-10-6-7-11-19(18)24(20)13-15(26)14-25-21(27)16-8-4-5-9-17(16)22(25)28/h4-11,15,26H,2-3,12-14H2,1H3/t15-/m0/s1. The molecular formula is C22H23N3O3. The highest BCUT2D eigenvalue weighted by atomic mass is 16.3. The Morgan fingerprint density at radius 2 is 1.61 bits per heavy atom. The zero-order valence-electron chi connectivity index (χ0n) is 15.8. The molecule has 6 nitrogen and oxygen atoms in total. The first-order valence-electron chi connectivity index (χ1n) is 9.67. The quantitative estimate of drug-likeness (QED) is 0.642. The Morgan fingerprint density at radius 3 is 2.29 bits per heavy atom. The summed E-state index contributed by atoms with van der Waals surface area (Å²) in [5.74, 6) is 0.229. The number of para-hydroxylation sites is 2. The van der Waals surface area contributed by atoms with Gasteiger partial charge in [-0.05, 0) is 30.7 Å². The molecule has 1 N–H and O–H groups in total. The summed E-state index contributed by atoms with van der Waals surface area (Å²) in [6.07, 6.45) is 2.02. The molecule has 0 bridgehead atoms. The van der Waals surface area contributed by atoms with Gasteiger partial charge in [0.05, 0.1) is 41.4 Å². The van der Waals surface area contributed by atoms with Crippen molar-refractivity contribution in [3.63, 3.8) is 0 Å². The van der Waals surface area contributed by atoms with Crippen LogP contribution in [0.3, 0.4) is 0 Å². The Bertz CT molecular complexity index is 1010. The number of benzene rings is 2. The molecular weight excluding hydrogens is 354 g/mol. The maximum atomic E-state index is 12.5. The summed E-state index contributed by atoms with van der Waals surface area (Å²) < 4.78 is 2.01. The van der Waals surface area contributed by atoms with Gasteiger partial charge in [0.2, 0.25) is 0 Å². The maximum absolute atomic E-state index is 12.5. The van der Waals surface area contributed by atoms with E-state index in [1.54, 1.807) is 24.3 Å². The number of hydrogen-bond acceptors (Lipinski definition) is 4. The summed E-state index contributed by atoms with van der Waals surface area (Å²) in [5.41, 5.74) is 2.64. The number of fused-ring (bicyclic) bond motifs is 2. The number of aromatic nitrogens is 2. The first-order chi connectivity index (χ1) is 13.6. The average molecular weight is 377 g/mol. The van der Waals surface area contributed by atoms with Gasteiger partial charge in [-0.1, -0.05) is 37.6 Å². The van der Waals surface area contributed by atoms with E-state index in [0.717, 1.165) is 41.0 Å². The fraction of sp³-hybridized carbons (Fsp3) is 0.318. The minimum Gasteiger partial charge on any atom is -0.389 e. The van der Waals surface area contributed by atoms with Crippen LogP contribution >= 0.6 is 0 Å². The van der Waals surface area contributed by atoms with Crippen LogP contribution < -0.4 is 0 Å². The van der Waals surface area contributed by atoms with E-state index in [-0.39, 0.29) is 24.9 Å². The summed E-state index contributed by atoms with van der Waals surface area (Å²) in [6.45, 7) is 2.38. The largest absolute Gasteiger partial charge is 0.389 e. The third-order valence-electron chi connectivity index (χ3n) is 5.15. The number of imidazole rings is 1. The first kappa shape index (κ1) is 18.4. The third kappa shape index (κ3) is 3.20. The number of imide groups is 1. The van der Waals surface area contributed by atoms with E-state index in [4.69, 9.17) is 4.98 Å². The van der Waals surface area contributed by atoms with Crippen LogP contribution in [0.4, 0.5) is 0 Å². The number of β-amino-alcohol motifs (C(OH)–C–C–N with tert-alkyl or cyclic N) is 1. The van der Waals surface area contributed by atoms with Crippen LogP contribution in [0.25, 0.3) is 11.0 Å². The van der Waals surface area contributed by atoms with Gasteiger partial charge in [-0.25, -0.2) is 4.98 Å². The number of carbonyl (C=O) groups is 2. The lowest BCUT2D eigenvalue weighted by Crippen LogP contribution is -2.38. The predicted octanol–water partition coefficient (Wildman–Crippen LogP) is 3.04. The number of aliphatic hydroxyl groups is 1.